The lowest BCUT2D eigenvalue weighted by Gasteiger charge is -2.23. The quantitative estimate of drug-likeness (QED) is 0.728. The molecule has 2 aromatic carbocycles. The average molecular weight is 303 g/mol. The van der Waals surface area contributed by atoms with Crippen molar-refractivity contribution < 1.29 is 9.90 Å². The number of carboxylic acids is 1. The second kappa shape index (κ2) is 4.92. The number of nitrogens with zero attached hydrogens (tertiary/aromatic N) is 1. The minimum absolute atomic E-state index is 0.417. The molecule has 3 heteroatoms. The predicted molar refractivity (Wildman–Crippen MR) is 91.0 cm³/mol. The molecule has 0 unspecified atom stereocenters. The van der Waals surface area contributed by atoms with E-state index in [-0.39, 0.29) is 0 Å². The van der Waals surface area contributed by atoms with E-state index < -0.39 is 5.97 Å². The van der Waals surface area contributed by atoms with Crippen LogP contribution in [0.15, 0.2) is 36.4 Å². The van der Waals surface area contributed by atoms with Crippen molar-refractivity contribution in [3.63, 3.8) is 0 Å². The van der Waals surface area contributed by atoms with Crippen LogP contribution in [0.2, 0.25) is 0 Å². The highest BCUT2D eigenvalue weighted by molar-refractivity contribution is 6.06. The van der Waals surface area contributed by atoms with Gasteiger partial charge in [-0.15, -0.1) is 0 Å². The summed E-state index contributed by atoms with van der Waals surface area (Å²) in [6, 6.07) is 12.0. The lowest BCUT2D eigenvalue weighted by atomic mass is 9.83. The number of aromatic nitrogens is 1. The summed E-state index contributed by atoms with van der Waals surface area (Å²) in [6.45, 7) is 4.08. The minimum Gasteiger partial charge on any atom is -0.478 e. The van der Waals surface area contributed by atoms with Gasteiger partial charge in [0.2, 0.25) is 0 Å². The molecule has 0 radical (unpaired) electrons. The first kappa shape index (κ1) is 13.9. The summed E-state index contributed by atoms with van der Waals surface area (Å²) in [5, 5.41) is 10.5. The molecule has 1 aromatic heterocycles. The van der Waals surface area contributed by atoms with Gasteiger partial charge in [-0.05, 0) is 55.5 Å². The summed E-state index contributed by atoms with van der Waals surface area (Å²) >= 11 is 0. The number of fused-ring (bicyclic) bond motifs is 4. The van der Waals surface area contributed by atoms with Crippen molar-refractivity contribution in [1.29, 1.82) is 0 Å². The SMILES string of the molecule is Cc1ccc2nc3c(c(C(=O)O)c2c1)CCc1c(C)cccc1-3. The Balaban J connectivity index is 2.14. The van der Waals surface area contributed by atoms with E-state index in [9.17, 15) is 9.90 Å². The van der Waals surface area contributed by atoms with Gasteiger partial charge in [0.1, 0.15) is 0 Å². The van der Waals surface area contributed by atoms with Crippen molar-refractivity contribution in [2.75, 3.05) is 0 Å². The third-order valence-electron chi connectivity index (χ3n) is 4.75. The van der Waals surface area contributed by atoms with Crippen molar-refractivity contribution in [3.8, 4) is 11.3 Å². The molecule has 3 nitrogen and oxygen atoms in total. The van der Waals surface area contributed by atoms with E-state index in [4.69, 9.17) is 4.98 Å². The largest absolute Gasteiger partial charge is 0.478 e. The number of benzene rings is 2. The Bertz CT molecular complexity index is 973. The first-order valence-corrected chi connectivity index (χ1v) is 7.81. The topological polar surface area (TPSA) is 50.2 Å². The van der Waals surface area contributed by atoms with Crippen LogP contribution in [-0.2, 0) is 12.8 Å². The maximum Gasteiger partial charge on any atom is 0.336 e. The first-order valence-electron chi connectivity index (χ1n) is 7.81. The zero-order valence-electron chi connectivity index (χ0n) is 13.2. The minimum atomic E-state index is -0.865. The average Bonchev–Trinajstić information content (AvgIpc) is 2.52. The monoisotopic (exact) mass is 303 g/mol. The van der Waals surface area contributed by atoms with Crippen LogP contribution in [0.4, 0.5) is 0 Å². The Labute approximate surface area is 134 Å². The zero-order valence-corrected chi connectivity index (χ0v) is 13.2. The zero-order chi connectivity index (χ0) is 16.1. The Kier molecular flexibility index (Phi) is 2.98. The van der Waals surface area contributed by atoms with Gasteiger partial charge in [0, 0.05) is 10.9 Å². The molecular formula is C20H17NO2. The van der Waals surface area contributed by atoms with Crippen molar-refractivity contribution in [3.05, 3.63) is 64.2 Å². The van der Waals surface area contributed by atoms with Crippen LogP contribution >= 0.6 is 0 Å². The number of rotatable bonds is 1. The highest BCUT2D eigenvalue weighted by atomic mass is 16.4. The number of aryl methyl sites for hydroxylation is 2. The molecule has 0 bridgehead atoms. The normalized spacial score (nSPS) is 12.8. The molecule has 0 amide bonds. The summed E-state index contributed by atoms with van der Waals surface area (Å²) in [5.41, 5.74) is 7.54. The van der Waals surface area contributed by atoms with Gasteiger partial charge in [-0.3, -0.25) is 0 Å². The Morgan fingerprint density at radius 3 is 2.65 bits per heavy atom. The lowest BCUT2D eigenvalue weighted by Crippen LogP contribution is -2.14. The summed E-state index contributed by atoms with van der Waals surface area (Å²) in [5.74, 6) is -0.865. The fourth-order valence-corrected chi connectivity index (χ4v) is 3.63. The van der Waals surface area contributed by atoms with E-state index in [2.05, 4.69) is 19.1 Å². The van der Waals surface area contributed by atoms with Crippen molar-refractivity contribution in [2.45, 2.75) is 26.7 Å². The van der Waals surface area contributed by atoms with E-state index >= 15 is 0 Å². The van der Waals surface area contributed by atoms with Crippen LogP contribution in [0, 0.1) is 13.8 Å². The van der Waals surface area contributed by atoms with Crippen LogP contribution in [0.5, 0.6) is 0 Å². The molecule has 0 saturated heterocycles. The molecule has 0 spiro atoms. The number of hydrogen-bond donors (Lipinski definition) is 1. The van der Waals surface area contributed by atoms with E-state index in [1.807, 2.05) is 31.2 Å². The van der Waals surface area contributed by atoms with E-state index in [0.717, 1.165) is 46.1 Å². The maximum absolute atomic E-state index is 11.9. The summed E-state index contributed by atoms with van der Waals surface area (Å²) in [7, 11) is 0. The van der Waals surface area contributed by atoms with Gasteiger partial charge in [0.05, 0.1) is 16.8 Å². The maximum atomic E-state index is 11.9. The second-order valence-corrected chi connectivity index (χ2v) is 6.24. The Hall–Kier alpha value is -2.68. The number of carbonyl (C=O) groups is 1. The molecule has 23 heavy (non-hydrogen) atoms. The fourth-order valence-electron chi connectivity index (χ4n) is 3.63. The van der Waals surface area contributed by atoms with Crippen molar-refractivity contribution >= 4 is 16.9 Å². The van der Waals surface area contributed by atoms with Gasteiger partial charge in [0.15, 0.2) is 0 Å². The van der Waals surface area contributed by atoms with Gasteiger partial charge in [-0.2, -0.15) is 0 Å². The van der Waals surface area contributed by atoms with Crippen molar-refractivity contribution in [1.82, 2.24) is 4.98 Å². The molecule has 0 aliphatic heterocycles. The van der Waals surface area contributed by atoms with Gasteiger partial charge in [-0.1, -0.05) is 29.8 Å². The molecular weight excluding hydrogens is 286 g/mol. The smallest absolute Gasteiger partial charge is 0.336 e. The number of carboxylic acid groups (broad SMARTS) is 1. The molecule has 4 rings (SSSR count). The van der Waals surface area contributed by atoms with Gasteiger partial charge in [0.25, 0.3) is 0 Å². The van der Waals surface area contributed by atoms with Crippen LogP contribution in [0.25, 0.3) is 22.2 Å². The van der Waals surface area contributed by atoms with E-state index in [1.165, 1.54) is 11.1 Å². The molecule has 3 aromatic rings. The highest BCUT2D eigenvalue weighted by Gasteiger charge is 2.26. The molecule has 0 atom stereocenters. The summed E-state index contributed by atoms with van der Waals surface area (Å²) in [4.78, 5) is 16.8. The van der Waals surface area contributed by atoms with Gasteiger partial charge in [-0.25, -0.2) is 9.78 Å². The number of hydrogen-bond acceptors (Lipinski definition) is 2. The van der Waals surface area contributed by atoms with Gasteiger partial charge < -0.3 is 5.11 Å². The van der Waals surface area contributed by atoms with Crippen LogP contribution < -0.4 is 0 Å². The van der Waals surface area contributed by atoms with E-state index in [1.54, 1.807) is 0 Å². The lowest BCUT2D eigenvalue weighted by molar-refractivity contribution is 0.0698. The molecule has 1 heterocycles. The third kappa shape index (κ3) is 2.04. The van der Waals surface area contributed by atoms with Crippen LogP contribution in [0.1, 0.15) is 32.6 Å². The Morgan fingerprint density at radius 2 is 1.87 bits per heavy atom. The molecule has 114 valence electrons. The molecule has 1 N–H and O–H groups in total. The van der Waals surface area contributed by atoms with Crippen molar-refractivity contribution in [2.24, 2.45) is 0 Å². The highest BCUT2D eigenvalue weighted by Crippen LogP contribution is 2.38. The number of aromatic carboxylic acids is 1. The standard InChI is InChI=1S/C20H17NO2/c1-11-6-9-17-16(10-11)18(20(22)23)15-8-7-13-12(2)4-3-5-14(13)19(15)21-17/h3-6,9-10H,7-8H2,1-2H3,(H,22,23). The third-order valence-corrected chi connectivity index (χ3v) is 4.75. The molecule has 0 saturated carbocycles. The summed E-state index contributed by atoms with van der Waals surface area (Å²) in [6.07, 6.45) is 1.60. The van der Waals surface area contributed by atoms with Crippen LogP contribution in [0.3, 0.4) is 0 Å². The molecule has 1 aliphatic carbocycles. The molecule has 1 aliphatic rings. The van der Waals surface area contributed by atoms with Crippen LogP contribution in [-0.4, -0.2) is 16.1 Å². The molecule has 0 fully saturated rings. The predicted octanol–water partition coefficient (Wildman–Crippen LogP) is 4.32. The summed E-state index contributed by atoms with van der Waals surface area (Å²) < 4.78 is 0. The van der Waals surface area contributed by atoms with Gasteiger partial charge >= 0.3 is 5.97 Å². The number of pyridine rings is 1. The second-order valence-electron chi connectivity index (χ2n) is 6.24. The first-order chi connectivity index (χ1) is 11.1. The van der Waals surface area contributed by atoms with E-state index in [0.29, 0.717) is 5.56 Å². The Morgan fingerprint density at radius 1 is 1.09 bits per heavy atom. The fraction of sp³-hybridized carbons (Fsp3) is 0.200.